The number of carbonyl (C=O) groups is 1. The second-order valence-corrected chi connectivity index (χ2v) is 4.34. The third-order valence-electron chi connectivity index (χ3n) is 2.14. The van der Waals surface area contributed by atoms with Crippen LogP contribution in [0.4, 0.5) is 0 Å². The fourth-order valence-electron chi connectivity index (χ4n) is 0.924. The van der Waals surface area contributed by atoms with Gasteiger partial charge in [-0.1, -0.05) is 13.8 Å². The zero-order valence-electron chi connectivity index (χ0n) is 7.64. The molecule has 0 aromatic rings. The Morgan fingerprint density at radius 3 is 2.58 bits per heavy atom. The van der Waals surface area contributed by atoms with E-state index in [1.165, 1.54) is 0 Å². The molecule has 12 heavy (non-hydrogen) atoms. The second kappa shape index (κ2) is 4.13. The lowest BCUT2D eigenvalue weighted by atomic mass is 10.1. The molecular weight excluding hydrogens is 174 g/mol. The van der Waals surface area contributed by atoms with Gasteiger partial charge < -0.3 is 5.32 Å². The van der Waals surface area contributed by atoms with Crippen molar-refractivity contribution in [2.45, 2.75) is 32.1 Å². The summed E-state index contributed by atoms with van der Waals surface area (Å²) in [6.07, 6.45) is 2.11. The summed E-state index contributed by atoms with van der Waals surface area (Å²) in [5.41, 5.74) is 0. The molecule has 1 saturated carbocycles. The average molecular weight is 190 g/mol. The summed E-state index contributed by atoms with van der Waals surface area (Å²) < 4.78 is 0. The van der Waals surface area contributed by atoms with Gasteiger partial charge in [0.25, 0.3) is 0 Å². The zero-order valence-corrected chi connectivity index (χ0v) is 8.40. The van der Waals surface area contributed by atoms with Crippen LogP contribution in [0.3, 0.4) is 0 Å². The fourth-order valence-corrected chi connectivity index (χ4v) is 1.00. The van der Waals surface area contributed by atoms with Gasteiger partial charge in [-0.15, -0.1) is 11.6 Å². The molecule has 1 N–H and O–H groups in total. The second-order valence-electron chi connectivity index (χ2n) is 3.78. The van der Waals surface area contributed by atoms with Crippen molar-refractivity contribution in [1.29, 1.82) is 0 Å². The van der Waals surface area contributed by atoms with E-state index in [0.717, 1.165) is 12.8 Å². The minimum atomic E-state index is 0.0627. The van der Waals surface area contributed by atoms with E-state index in [-0.39, 0.29) is 11.3 Å². The van der Waals surface area contributed by atoms with E-state index in [1.54, 1.807) is 0 Å². The Hall–Kier alpha value is -0.240. The number of alkyl halides is 1. The maximum absolute atomic E-state index is 11.2. The minimum absolute atomic E-state index is 0.0627. The van der Waals surface area contributed by atoms with Crippen molar-refractivity contribution in [2.24, 2.45) is 11.8 Å². The summed E-state index contributed by atoms with van der Waals surface area (Å²) in [4.78, 5) is 11.2. The standard InChI is InChI=1S/C9H16ClNO/c1-6(2)8(10)5-11-9(12)7-3-4-7/h6-8H,3-5H2,1-2H3,(H,11,12). The third-order valence-corrected chi connectivity index (χ3v) is 2.80. The molecule has 1 aliphatic rings. The van der Waals surface area contributed by atoms with E-state index in [1.807, 2.05) is 0 Å². The lowest BCUT2D eigenvalue weighted by Crippen LogP contribution is -2.32. The largest absolute Gasteiger partial charge is 0.354 e. The first-order valence-corrected chi connectivity index (χ1v) is 4.96. The number of hydrogen-bond acceptors (Lipinski definition) is 1. The lowest BCUT2D eigenvalue weighted by molar-refractivity contribution is -0.122. The van der Waals surface area contributed by atoms with Crippen molar-refractivity contribution in [3.8, 4) is 0 Å². The van der Waals surface area contributed by atoms with Crippen molar-refractivity contribution < 1.29 is 4.79 Å². The molecular formula is C9H16ClNO. The molecule has 1 unspecified atom stereocenters. The summed E-state index contributed by atoms with van der Waals surface area (Å²) in [5.74, 6) is 0.897. The summed E-state index contributed by atoms with van der Waals surface area (Å²) >= 11 is 5.97. The topological polar surface area (TPSA) is 29.1 Å². The predicted molar refractivity (Wildman–Crippen MR) is 50.2 cm³/mol. The van der Waals surface area contributed by atoms with Crippen molar-refractivity contribution in [2.75, 3.05) is 6.54 Å². The Labute approximate surface area is 78.7 Å². The molecule has 2 nitrogen and oxygen atoms in total. The first-order chi connectivity index (χ1) is 5.61. The van der Waals surface area contributed by atoms with Gasteiger partial charge in [0.15, 0.2) is 0 Å². The number of nitrogens with one attached hydrogen (secondary N) is 1. The highest BCUT2D eigenvalue weighted by atomic mass is 35.5. The first-order valence-electron chi connectivity index (χ1n) is 4.53. The summed E-state index contributed by atoms with van der Waals surface area (Å²) in [6.45, 7) is 4.72. The molecule has 0 saturated heterocycles. The van der Waals surface area contributed by atoms with Crippen LogP contribution in [0.5, 0.6) is 0 Å². The molecule has 1 amide bonds. The van der Waals surface area contributed by atoms with Gasteiger partial charge in [0.1, 0.15) is 0 Å². The zero-order chi connectivity index (χ0) is 9.14. The SMILES string of the molecule is CC(C)C(Cl)CNC(=O)C1CC1. The van der Waals surface area contributed by atoms with Crippen LogP contribution in [0.1, 0.15) is 26.7 Å². The van der Waals surface area contributed by atoms with Crippen LogP contribution in [-0.4, -0.2) is 17.8 Å². The Kier molecular flexibility index (Phi) is 3.39. The van der Waals surface area contributed by atoms with Crippen molar-refractivity contribution in [3.63, 3.8) is 0 Å². The normalized spacial score (nSPS) is 19.3. The van der Waals surface area contributed by atoms with Crippen molar-refractivity contribution in [3.05, 3.63) is 0 Å². The van der Waals surface area contributed by atoms with E-state index >= 15 is 0 Å². The van der Waals surface area contributed by atoms with E-state index in [9.17, 15) is 4.79 Å². The van der Waals surface area contributed by atoms with E-state index in [2.05, 4.69) is 19.2 Å². The third kappa shape index (κ3) is 3.02. The van der Waals surface area contributed by atoms with Crippen LogP contribution < -0.4 is 5.32 Å². The summed E-state index contributed by atoms with van der Waals surface area (Å²) in [5, 5.41) is 2.92. The van der Waals surface area contributed by atoms with Crippen molar-refractivity contribution >= 4 is 17.5 Å². The van der Waals surface area contributed by atoms with Gasteiger partial charge in [-0.2, -0.15) is 0 Å². The monoisotopic (exact) mass is 189 g/mol. The van der Waals surface area contributed by atoms with Crippen LogP contribution in [-0.2, 0) is 4.79 Å². The molecule has 0 heterocycles. The smallest absolute Gasteiger partial charge is 0.223 e. The highest BCUT2D eigenvalue weighted by Crippen LogP contribution is 2.28. The maximum atomic E-state index is 11.2. The van der Waals surface area contributed by atoms with Gasteiger partial charge in [-0.25, -0.2) is 0 Å². The Morgan fingerprint density at radius 1 is 1.58 bits per heavy atom. The predicted octanol–water partition coefficient (Wildman–Crippen LogP) is 1.78. The molecule has 3 heteroatoms. The Morgan fingerprint density at radius 2 is 2.17 bits per heavy atom. The summed E-state index contributed by atoms with van der Waals surface area (Å²) in [6, 6.07) is 0. The number of rotatable bonds is 4. The Balaban J connectivity index is 2.11. The van der Waals surface area contributed by atoms with E-state index in [0.29, 0.717) is 18.4 Å². The molecule has 1 atom stereocenters. The number of carbonyl (C=O) groups excluding carboxylic acids is 1. The molecule has 1 fully saturated rings. The van der Waals surface area contributed by atoms with Gasteiger partial charge in [-0.05, 0) is 18.8 Å². The van der Waals surface area contributed by atoms with Gasteiger partial charge in [0.2, 0.25) is 5.91 Å². The van der Waals surface area contributed by atoms with E-state index < -0.39 is 0 Å². The molecule has 0 bridgehead atoms. The molecule has 70 valence electrons. The molecule has 0 aromatic carbocycles. The average Bonchev–Trinajstić information content (AvgIpc) is 2.81. The Bertz CT molecular complexity index is 166. The van der Waals surface area contributed by atoms with Crippen LogP contribution >= 0.6 is 11.6 Å². The highest BCUT2D eigenvalue weighted by molar-refractivity contribution is 6.21. The van der Waals surface area contributed by atoms with Gasteiger partial charge in [0.05, 0.1) is 5.38 Å². The van der Waals surface area contributed by atoms with Crippen LogP contribution in [0.15, 0.2) is 0 Å². The molecule has 0 aromatic heterocycles. The fraction of sp³-hybridized carbons (Fsp3) is 0.889. The molecule has 0 aliphatic heterocycles. The number of hydrogen-bond donors (Lipinski definition) is 1. The lowest BCUT2D eigenvalue weighted by Gasteiger charge is -2.13. The van der Waals surface area contributed by atoms with E-state index in [4.69, 9.17) is 11.6 Å². The number of amides is 1. The molecule has 1 aliphatic carbocycles. The van der Waals surface area contributed by atoms with Crippen LogP contribution in [0, 0.1) is 11.8 Å². The summed E-state index contributed by atoms with van der Waals surface area (Å²) in [7, 11) is 0. The van der Waals surface area contributed by atoms with Crippen LogP contribution in [0.25, 0.3) is 0 Å². The van der Waals surface area contributed by atoms with Crippen LogP contribution in [0.2, 0.25) is 0 Å². The van der Waals surface area contributed by atoms with Gasteiger partial charge >= 0.3 is 0 Å². The first kappa shape index (κ1) is 9.85. The quantitative estimate of drug-likeness (QED) is 0.672. The minimum Gasteiger partial charge on any atom is -0.354 e. The number of halogens is 1. The molecule has 0 radical (unpaired) electrons. The van der Waals surface area contributed by atoms with Gasteiger partial charge in [0, 0.05) is 12.5 Å². The van der Waals surface area contributed by atoms with Gasteiger partial charge in [-0.3, -0.25) is 4.79 Å². The maximum Gasteiger partial charge on any atom is 0.223 e. The molecule has 0 spiro atoms. The van der Waals surface area contributed by atoms with Crippen molar-refractivity contribution in [1.82, 2.24) is 5.32 Å². The highest BCUT2D eigenvalue weighted by Gasteiger charge is 2.29. The molecule has 1 rings (SSSR count).